The van der Waals surface area contributed by atoms with E-state index in [4.69, 9.17) is 0 Å². The number of hydrogen-bond donors (Lipinski definition) is 2. The van der Waals surface area contributed by atoms with Gasteiger partial charge in [-0.3, -0.25) is 4.79 Å². The number of halogens is 1. The molecular formula is C17H28ClN3O3S. The van der Waals surface area contributed by atoms with Gasteiger partial charge in [0.2, 0.25) is 10.0 Å². The average Bonchev–Trinajstić information content (AvgIpc) is 3.07. The average molecular weight is 390 g/mol. The fraction of sp³-hybridized carbons (Fsp3) is 0.588. The lowest BCUT2D eigenvalue weighted by Gasteiger charge is -2.21. The van der Waals surface area contributed by atoms with Gasteiger partial charge in [0, 0.05) is 25.2 Å². The van der Waals surface area contributed by atoms with Crippen LogP contribution in [-0.4, -0.2) is 51.4 Å². The summed E-state index contributed by atoms with van der Waals surface area (Å²) >= 11 is 0. The van der Waals surface area contributed by atoms with Crippen LogP contribution in [0.15, 0.2) is 29.2 Å². The van der Waals surface area contributed by atoms with Crippen molar-refractivity contribution in [3.63, 3.8) is 0 Å². The van der Waals surface area contributed by atoms with Gasteiger partial charge in [0.1, 0.15) is 0 Å². The van der Waals surface area contributed by atoms with Crippen LogP contribution in [0, 0.1) is 5.92 Å². The first-order valence-corrected chi connectivity index (χ1v) is 9.83. The molecule has 1 amide bonds. The Bertz CT molecular complexity index is 656. The van der Waals surface area contributed by atoms with E-state index in [1.54, 1.807) is 19.2 Å². The summed E-state index contributed by atoms with van der Waals surface area (Å²) in [6.07, 6.45) is 2.12. The van der Waals surface area contributed by atoms with Crippen LogP contribution < -0.4 is 10.6 Å². The number of sulfonamides is 1. The summed E-state index contributed by atoms with van der Waals surface area (Å²) in [7, 11) is -1.96. The van der Waals surface area contributed by atoms with Crippen LogP contribution in [0.25, 0.3) is 0 Å². The Kier molecular flexibility index (Phi) is 8.34. The SMILES string of the molecule is CC(C)N(C)S(=O)(=O)c1ccc(C(=O)NCCC2CCNC2)cc1.Cl. The Morgan fingerprint density at radius 2 is 1.96 bits per heavy atom. The molecule has 1 fully saturated rings. The molecule has 1 saturated heterocycles. The van der Waals surface area contributed by atoms with Crippen molar-refractivity contribution in [3.05, 3.63) is 29.8 Å². The fourth-order valence-corrected chi connectivity index (χ4v) is 4.04. The minimum Gasteiger partial charge on any atom is -0.352 e. The minimum atomic E-state index is -3.51. The number of carbonyl (C=O) groups excluding carboxylic acids is 1. The molecule has 25 heavy (non-hydrogen) atoms. The minimum absolute atomic E-state index is 0. The van der Waals surface area contributed by atoms with Crippen molar-refractivity contribution in [1.82, 2.24) is 14.9 Å². The maximum Gasteiger partial charge on any atom is 0.251 e. The molecule has 1 aromatic carbocycles. The monoisotopic (exact) mass is 389 g/mol. The molecule has 2 N–H and O–H groups in total. The van der Waals surface area contributed by atoms with Gasteiger partial charge >= 0.3 is 0 Å². The molecule has 1 aliphatic rings. The highest BCUT2D eigenvalue weighted by molar-refractivity contribution is 7.89. The van der Waals surface area contributed by atoms with Crippen molar-refractivity contribution in [2.24, 2.45) is 5.92 Å². The maximum absolute atomic E-state index is 12.4. The first kappa shape index (κ1) is 21.9. The Hall–Kier alpha value is -1.15. The summed E-state index contributed by atoms with van der Waals surface area (Å²) in [5.41, 5.74) is 0.477. The van der Waals surface area contributed by atoms with E-state index in [0.29, 0.717) is 18.0 Å². The number of nitrogens with zero attached hydrogens (tertiary/aromatic N) is 1. The molecule has 0 aliphatic carbocycles. The summed E-state index contributed by atoms with van der Waals surface area (Å²) in [4.78, 5) is 12.3. The molecule has 142 valence electrons. The molecule has 2 rings (SSSR count). The number of rotatable bonds is 7. The van der Waals surface area contributed by atoms with E-state index in [0.717, 1.165) is 25.9 Å². The Morgan fingerprint density at radius 3 is 2.48 bits per heavy atom. The van der Waals surface area contributed by atoms with Gasteiger partial charge in [-0.15, -0.1) is 12.4 Å². The molecule has 1 atom stereocenters. The van der Waals surface area contributed by atoms with E-state index in [9.17, 15) is 13.2 Å². The second kappa shape index (κ2) is 9.52. The van der Waals surface area contributed by atoms with E-state index in [1.807, 2.05) is 13.8 Å². The highest BCUT2D eigenvalue weighted by Gasteiger charge is 2.23. The predicted molar refractivity (Wildman–Crippen MR) is 102 cm³/mol. The van der Waals surface area contributed by atoms with Gasteiger partial charge in [0.25, 0.3) is 5.91 Å². The van der Waals surface area contributed by atoms with E-state index in [2.05, 4.69) is 10.6 Å². The first-order valence-electron chi connectivity index (χ1n) is 8.39. The summed E-state index contributed by atoms with van der Waals surface area (Å²) in [6.45, 7) is 6.35. The third-order valence-corrected chi connectivity index (χ3v) is 6.57. The molecule has 0 bridgehead atoms. The fourth-order valence-electron chi connectivity index (χ4n) is 2.67. The molecule has 1 heterocycles. The lowest BCUT2D eigenvalue weighted by Crippen LogP contribution is -2.33. The molecule has 6 nitrogen and oxygen atoms in total. The van der Waals surface area contributed by atoms with Gasteiger partial charge in [-0.1, -0.05) is 0 Å². The summed E-state index contributed by atoms with van der Waals surface area (Å²) < 4.78 is 26.1. The van der Waals surface area contributed by atoms with Crippen LogP contribution in [0.5, 0.6) is 0 Å². The number of benzene rings is 1. The number of hydrogen-bond acceptors (Lipinski definition) is 4. The van der Waals surface area contributed by atoms with Crippen LogP contribution in [0.1, 0.15) is 37.0 Å². The smallest absolute Gasteiger partial charge is 0.251 e. The van der Waals surface area contributed by atoms with Crippen LogP contribution in [0.4, 0.5) is 0 Å². The molecule has 0 radical (unpaired) electrons. The summed E-state index contributed by atoms with van der Waals surface area (Å²) in [5.74, 6) is 0.464. The zero-order valence-electron chi connectivity index (χ0n) is 15.0. The molecule has 1 aromatic rings. The van der Waals surface area contributed by atoms with E-state index < -0.39 is 10.0 Å². The number of carbonyl (C=O) groups is 1. The highest BCUT2D eigenvalue weighted by Crippen LogP contribution is 2.17. The van der Waals surface area contributed by atoms with Crippen molar-refractivity contribution in [3.8, 4) is 0 Å². The Balaban J connectivity index is 0.00000312. The lowest BCUT2D eigenvalue weighted by atomic mass is 10.1. The largest absolute Gasteiger partial charge is 0.352 e. The quantitative estimate of drug-likeness (QED) is 0.746. The molecule has 0 spiro atoms. The second-order valence-electron chi connectivity index (χ2n) is 6.54. The van der Waals surface area contributed by atoms with Gasteiger partial charge in [0.05, 0.1) is 4.90 Å². The zero-order valence-corrected chi connectivity index (χ0v) is 16.6. The molecule has 0 aromatic heterocycles. The highest BCUT2D eigenvalue weighted by atomic mass is 35.5. The third kappa shape index (κ3) is 5.67. The maximum atomic E-state index is 12.4. The van der Waals surface area contributed by atoms with E-state index in [-0.39, 0.29) is 29.3 Å². The van der Waals surface area contributed by atoms with Gasteiger partial charge in [-0.05, 0) is 70.0 Å². The molecule has 8 heteroatoms. The van der Waals surface area contributed by atoms with Crippen molar-refractivity contribution in [1.29, 1.82) is 0 Å². The van der Waals surface area contributed by atoms with Gasteiger partial charge in [-0.2, -0.15) is 4.31 Å². The molecule has 1 unspecified atom stereocenters. The molecular weight excluding hydrogens is 362 g/mol. The van der Waals surface area contributed by atoms with Crippen LogP contribution in [0.3, 0.4) is 0 Å². The molecule has 0 saturated carbocycles. The van der Waals surface area contributed by atoms with Crippen molar-refractivity contribution in [2.75, 3.05) is 26.7 Å². The van der Waals surface area contributed by atoms with E-state index >= 15 is 0 Å². The lowest BCUT2D eigenvalue weighted by molar-refractivity contribution is 0.0951. The molecule has 1 aliphatic heterocycles. The topological polar surface area (TPSA) is 78.5 Å². The van der Waals surface area contributed by atoms with Crippen molar-refractivity contribution < 1.29 is 13.2 Å². The summed E-state index contributed by atoms with van der Waals surface area (Å²) in [6, 6.07) is 5.98. The van der Waals surface area contributed by atoms with Crippen molar-refractivity contribution in [2.45, 2.75) is 37.6 Å². The Morgan fingerprint density at radius 1 is 1.32 bits per heavy atom. The van der Waals surface area contributed by atoms with E-state index in [1.165, 1.54) is 16.4 Å². The summed E-state index contributed by atoms with van der Waals surface area (Å²) in [5, 5.41) is 6.20. The van der Waals surface area contributed by atoms with Crippen LogP contribution in [-0.2, 0) is 10.0 Å². The van der Waals surface area contributed by atoms with Crippen molar-refractivity contribution >= 4 is 28.3 Å². The number of nitrogens with one attached hydrogen (secondary N) is 2. The van der Waals surface area contributed by atoms with Gasteiger partial charge in [-0.25, -0.2) is 8.42 Å². The zero-order chi connectivity index (χ0) is 17.7. The Labute approximate surface area is 156 Å². The second-order valence-corrected chi connectivity index (χ2v) is 8.54. The standard InChI is InChI=1S/C17H27N3O3S.ClH/c1-13(2)20(3)24(22,23)16-6-4-15(5-7-16)17(21)19-11-9-14-8-10-18-12-14;/h4-7,13-14,18H,8-12H2,1-3H3,(H,19,21);1H. The van der Waals surface area contributed by atoms with Gasteiger partial charge < -0.3 is 10.6 Å². The predicted octanol–water partition coefficient (Wildman–Crippen LogP) is 1.87. The normalized spacial score (nSPS) is 17.6. The number of amides is 1. The van der Waals surface area contributed by atoms with Gasteiger partial charge in [0.15, 0.2) is 0 Å². The van der Waals surface area contributed by atoms with Crippen LogP contribution in [0.2, 0.25) is 0 Å². The first-order chi connectivity index (χ1) is 11.3. The third-order valence-electron chi connectivity index (χ3n) is 4.52. The van der Waals surface area contributed by atoms with Crippen LogP contribution >= 0.6 is 12.4 Å².